The minimum atomic E-state index is -2.89. The smallest absolute Gasteiger partial charge is 0.387 e. The summed E-state index contributed by atoms with van der Waals surface area (Å²) in [5, 5.41) is 0. The van der Waals surface area contributed by atoms with Gasteiger partial charge in [0.15, 0.2) is 11.5 Å². The molecule has 122 valence electrons. The van der Waals surface area contributed by atoms with Crippen molar-refractivity contribution in [3.05, 3.63) is 23.8 Å². The first kappa shape index (κ1) is 16.5. The molecule has 1 aromatic rings. The highest BCUT2D eigenvalue weighted by atomic mass is 19.3. The van der Waals surface area contributed by atoms with Crippen molar-refractivity contribution in [3.63, 3.8) is 0 Å². The van der Waals surface area contributed by atoms with Crippen LogP contribution in [0.1, 0.15) is 44.1 Å². The fraction of sp³-hybridized carbons (Fsp3) is 0.562. The van der Waals surface area contributed by atoms with E-state index >= 15 is 0 Å². The van der Waals surface area contributed by atoms with E-state index in [0.29, 0.717) is 0 Å². The molecule has 0 aromatic heterocycles. The first-order chi connectivity index (χ1) is 10.5. The Labute approximate surface area is 128 Å². The van der Waals surface area contributed by atoms with Gasteiger partial charge in [0, 0.05) is 6.92 Å². The first-order valence-electron chi connectivity index (χ1n) is 7.29. The van der Waals surface area contributed by atoms with E-state index in [0.717, 1.165) is 31.2 Å². The summed E-state index contributed by atoms with van der Waals surface area (Å²) in [6, 6.07) is 4.98. The van der Waals surface area contributed by atoms with Crippen LogP contribution in [-0.2, 0) is 9.53 Å². The van der Waals surface area contributed by atoms with Crippen molar-refractivity contribution in [2.75, 3.05) is 7.11 Å². The number of ether oxygens (including phenoxy) is 3. The van der Waals surface area contributed by atoms with Crippen LogP contribution in [0, 0.1) is 0 Å². The van der Waals surface area contributed by atoms with Gasteiger partial charge in [-0.25, -0.2) is 0 Å². The average molecular weight is 314 g/mol. The zero-order valence-electron chi connectivity index (χ0n) is 12.7. The van der Waals surface area contributed by atoms with E-state index < -0.39 is 6.61 Å². The number of halogens is 2. The first-order valence-corrected chi connectivity index (χ1v) is 7.29. The lowest BCUT2D eigenvalue weighted by Crippen LogP contribution is -2.23. The van der Waals surface area contributed by atoms with Gasteiger partial charge in [0.05, 0.1) is 7.11 Å². The standard InChI is InChI=1S/C16H20F2O4/c1-10(19)21-13-5-3-4-11(8-13)12-6-7-14(22-16(17)18)15(9-12)20-2/h6-7,9,11,13,16H,3-5,8H2,1-2H3. The van der Waals surface area contributed by atoms with E-state index in [4.69, 9.17) is 9.47 Å². The Kier molecular flexibility index (Phi) is 5.57. The molecule has 0 aliphatic heterocycles. The fourth-order valence-corrected chi connectivity index (χ4v) is 2.92. The third-order valence-electron chi connectivity index (χ3n) is 3.83. The van der Waals surface area contributed by atoms with Gasteiger partial charge in [-0.05, 0) is 49.3 Å². The Bertz CT molecular complexity index is 519. The number of hydrogen-bond donors (Lipinski definition) is 0. The lowest BCUT2D eigenvalue weighted by atomic mass is 9.82. The Balaban J connectivity index is 2.12. The summed E-state index contributed by atoms with van der Waals surface area (Å²) in [6.07, 6.45) is 3.44. The van der Waals surface area contributed by atoms with E-state index in [1.165, 1.54) is 20.1 Å². The van der Waals surface area contributed by atoms with Crippen LogP contribution in [0.25, 0.3) is 0 Å². The lowest BCUT2D eigenvalue weighted by molar-refractivity contribution is -0.147. The molecule has 0 N–H and O–H groups in total. The SMILES string of the molecule is COc1cc(C2CCCC(OC(C)=O)C2)ccc1OC(F)F. The summed E-state index contributed by atoms with van der Waals surface area (Å²) >= 11 is 0. The van der Waals surface area contributed by atoms with E-state index in [9.17, 15) is 13.6 Å². The fourth-order valence-electron chi connectivity index (χ4n) is 2.92. The summed E-state index contributed by atoms with van der Waals surface area (Å²) in [6.45, 7) is -1.48. The van der Waals surface area contributed by atoms with Crippen molar-refractivity contribution in [3.8, 4) is 11.5 Å². The summed E-state index contributed by atoms with van der Waals surface area (Å²) in [4.78, 5) is 11.1. The molecule has 0 saturated heterocycles. The van der Waals surface area contributed by atoms with Gasteiger partial charge in [0.2, 0.25) is 0 Å². The molecule has 4 nitrogen and oxygen atoms in total. The highest BCUT2D eigenvalue weighted by molar-refractivity contribution is 5.66. The van der Waals surface area contributed by atoms with Crippen molar-refractivity contribution in [2.24, 2.45) is 0 Å². The predicted molar refractivity (Wildman–Crippen MR) is 76.4 cm³/mol. The number of hydrogen-bond acceptors (Lipinski definition) is 4. The molecule has 0 amide bonds. The van der Waals surface area contributed by atoms with Crippen LogP contribution >= 0.6 is 0 Å². The van der Waals surface area contributed by atoms with Crippen molar-refractivity contribution >= 4 is 5.97 Å². The summed E-state index contributed by atoms with van der Waals surface area (Å²) < 4.78 is 39.5. The highest BCUT2D eigenvalue weighted by Gasteiger charge is 2.26. The molecule has 1 aliphatic carbocycles. The van der Waals surface area contributed by atoms with E-state index in [1.807, 2.05) is 0 Å². The molecule has 2 rings (SSSR count). The molecular weight excluding hydrogens is 294 g/mol. The van der Waals surface area contributed by atoms with Crippen LogP contribution in [0.4, 0.5) is 8.78 Å². The molecule has 1 fully saturated rings. The third kappa shape index (κ3) is 4.32. The zero-order chi connectivity index (χ0) is 16.1. The monoisotopic (exact) mass is 314 g/mol. The molecule has 2 unspecified atom stereocenters. The number of carbonyl (C=O) groups is 1. The number of alkyl halides is 2. The maximum absolute atomic E-state index is 12.3. The van der Waals surface area contributed by atoms with Crippen molar-refractivity contribution in [1.29, 1.82) is 0 Å². The average Bonchev–Trinajstić information content (AvgIpc) is 2.46. The number of rotatable bonds is 5. The van der Waals surface area contributed by atoms with Gasteiger partial charge in [0.25, 0.3) is 0 Å². The minimum Gasteiger partial charge on any atom is -0.493 e. The van der Waals surface area contributed by atoms with E-state index in [2.05, 4.69) is 4.74 Å². The molecular formula is C16H20F2O4. The molecule has 2 atom stereocenters. The van der Waals surface area contributed by atoms with Crippen molar-refractivity contribution in [2.45, 2.75) is 51.2 Å². The maximum atomic E-state index is 12.3. The van der Waals surface area contributed by atoms with Crippen LogP contribution in [0.15, 0.2) is 18.2 Å². The second-order valence-corrected chi connectivity index (χ2v) is 5.38. The molecule has 6 heteroatoms. The lowest BCUT2D eigenvalue weighted by Gasteiger charge is -2.29. The molecule has 1 saturated carbocycles. The number of esters is 1. The van der Waals surface area contributed by atoms with E-state index in [-0.39, 0.29) is 29.5 Å². The van der Waals surface area contributed by atoms with Crippen molar-refractivity contribution in [1.82, 2.24) is 0 Å². The summed E-state index contributed by atoms with van der Waals surface area (Å²) in [7, 11) is 1.42. The molecule has 0 heterocycles. The van der Waals surface area contributed by atoms with Gasteiger partial charge in [-0.2, -0.15) is 8.78 Å². The molecule has 22 heavy (non-hydrogen) atoms. The van der Waals surface area contributed by atoms with Gasteiger partial charge in [-0.1, -0.05) is 6.07 Å². The summed E-state index contributed by atoms with van der Waals surface area (Å²) in [5.74, 6) is 0.248. The van der Waals surface area contributed by atoms with Crippen LogP contribution in [0.3, 0.4) is 0 Å². The maximum Gasteiger partial charge on any atom is 0.387 e. The zero-order valence-corrected chi connectivity index (χ0v) is 12.7. The molecule has 1 aliphatic rings. The Morgan fingerprint density at radius 1 is 1.27 bits per heavy atom. The molecule has 0 radical (unpaired) electrons. The number of carbonyl (C=O) groups excluding carboxylic acids is 1. The van der Waals surface area contributed by atoms with Gasteiger partial charge in [-0.3, -0.25) is 4.79 Å². The molecule has 1 aromatic carbocycles. The Hall–Kier alpha value is -1.85. The number of methoxy groups -OCH3 is 1. The Morgan fingerprint density at radius 2 is 2.05 bits per heavy atom. The van der Waals surface area contributed by atoms with E-state index in [1.54, 1.807) is 12.1 Å². The second kappa shape index (κ2) is 7.42. The third-order valence-corrected chi connectivity index (χ3v) is 3.83. The number of benzene rings is 1. The van der Waals surface area contributed by atoms with Crippen LogP contribution < -0.4 is 9.47 Å². The van der Waals surface area contributed by atoms with Crippen LogP contribution in [-0.4, -0.2) is 25.8 Å². The van der Waals surface area contributed by atoms with Crippen LogP contribution in [0.5, 0.6) is 11.5 Å². The molecule has 0 spiro atoms. The second-order valence-electron chi connectivity index (χ2n) is 5.38. The van der Waals surface area contributed by atoms with Gasteiger partial charge in [-0.15, -0.1) is 0 Å². The minimum absolute atomic E-state index is 0.0218. The Morgan fingerprint density at radius 3 is 2.68 bits per heavy atom. The van der Waals surface area contributed by atoms with Gasteiger partial charge >= 0.3 is 12.6 Å². The normalized spacial score (nSPS) is 21.5. The predicted octanol–water partition coefficient (Wildman–Crippen LogP) is 3.89. The highest BCUT2D eigenvalue weighted by Crippen LogP contribution is 2.38. The van der Waals surface area contributed by atoms with Crippen molar-refractivity contribution < 1.29 is 27.8 Å². The largest absolute Gasteiger partial charge is 0.493 e. The molecule has 0 bridgehead atoms. The topological polar surface area (TPSA) is 44.8 Å². The quantitative estimate of drug-likeness (QED) is 0.774. The van der Waals surface area contributed by atoms with Gasteiger partial charge < -0.3 is 14.2 Å². The summed E-state index contributed by atoms with van der Waals surface area (Å²) in [5.41, 5.74) is 0.982. The van der Waals surface area contributed by atoms with Crippen LogP contribution in [0.2, 0.25) is 0 Å². The van der Waals surface area contributed by atoms with Gasteiger partial charge in [0.1, 0.15) is 6.10 Å².